The molecule has 0 aliphatic heterocycles. The second-order valence-electron chi connectivity index (χ2n) is 6.43. The predicted octanol–water partition coefficient (Wildman–Crippen LogP) is 2.61. The molecule has 2 aromatic heterocycles. The van der Waals surface area contributed by atoms with Crippen LogP contribution in [0.25, 0.3) is 11.0 Å². The molecule has 31 heavy (non-hydrogen) atoms. The van der Waals surface area contributed by atoms with Crippen LogP contribution in [0.3, 0.4) is 0 Å². The molecule has 2 aromatic carbocycles. The van der Waals surface area contributed by atoms with Crippen molar-refractivity contribution in [1.29, 1.82) is 0 Å². The highest BCUT2D eigenvalue weighted by Gasteiger charge is 2.17. The molecule has 0 unspecified atom stereocenters. The van der Waals surface area contributed by atoms with E-state index in [0.29, 0.717) is 22.7 Å². The summed E-state index contributed by atoms with van der Waals surface area (Å²) in [5.41, 5.74) is 1.57. The van der Waals surface area contributed by atoms with Crippen LogP contribution in [0.2, 0.25) is 0 Å². The lowest BCUT2D eigenvalue weighted by molar-refractivity contribution is -0.115. The van der Waals surface area contributed by atoms with Crippen molar-refractivity contribution >= 4 is 38.5 Å². The van der Waals surface area contributed by atoms with Gasteiger partial charge in [0.2, 0.25) is 11.9 Å². The van der Waals surface area contributed by atoms with Crippen molar-refractivity contribution in [2.24, 2.45) is 0 Å². The van der Waals surface area contributed by atoms with Crippen LogP contribution in [-0.4, -0.2) is 36.6 Å². The number of rotatable bonds is 7. The van der Waals surface area contributed by atoms with Gasteiger partial charge in [-0.05, 0) is 36.4 Å². The van der Waals surface area contributed by atoms with Gasteiger partial charge in [0.05, 0.1) is 30.8 Å². The third-order valence-corrected chi connectivity index (χ3v) is 5.66. The SMILES string of the molecule is COc1cnc(NS(=O)(=O)c2ccc(NC(=O)Cc3noc4ccccc34)cc2)nc1. The molecule has 0 spiro atoms. The van der Waals surface area contributed by atoms with Crippen molar-refractivity contribution in [3.8, 4) is 5.75 Å². The molecule has 2 N–H and O–H groups in total. The summed E-state index contributed by atoms with van der Waals surface area (Å²) in [6.45, 7) is 0. The van der Waals surface area contributed by atoms with Gasteiger partial charge < -0.3 is 14.6 Å². The summed E-state index contributed by atoms with van der Waals surface area (Å²) in [6, 6.07) is 13.0. The number of ether oxygens (including phenoxy) is 1. The Labute approximate surface area is 177 Å². The van der Waals surface area contributed by atoms with Crippen LogP contribution in [0.1, 0.15) is 5.69 Å². The molecule has 0 aliphatic carbocycles. The number of benzene rings is 2. The summed E-state index contributed by atoms with van der Waals surface area (Å²) in [7, 11) is -2.44. The zero-order valence-corrected chi connectivity index (χ0v) is 17.1. The van der Waals surface area contributed by atoms with Gasteiger partial charge in [-0.3, -0.25) is 4.79 Å². The molecule has 0 saturated heterocycles. The molecule has 158 valence electrons. The summed E-state index contributed by atoms with van der Waals surface area (Å²) in [5.74, 6) is 0.0131. The van der Waals surface area contributed by atoms with Crippen molar-refractivity contribution < 1.29 is 22.5 Å². The zero-order chi connectivity index (χ0) is 21.8. The number of sulfonamides is 1. The van der Waals surface area contributed by atoms with Crippen LogP contribution < -0.4 is 14.8 Å². The third-order valence-electron chi connectivity index (χ3n) is 4.32. The third kappa shape index (κ3) is 4.61. The van der Waals surface area contributed by atoms with E-state index in [1.54, 1.807) is 6.07 Å². The Morgan fingerprint density at radius 2 is 1.77 bits per heavy atom. The van der Waals surface area contributed by atoms with Gasteiger partial charge in [0.1, 0.15) is 5.69 Å². The highest BCUT2D eigenvalue weighted by Crippen LogP contribution is 2.20. The summed E-state index contributed by atoms with van der Waals surface area (Å²) >= 11 is 0. The average Bonchev–Trinajstić information content (AvgIpc) is 3.17. The minimum absolute atomic E-state index is 0.00703. The highest BCUT2D eigenvalue weighted by molar-refractivity contribution is 7.92. The van der Waals surface area contributed by atoms with Gasteiger partial charge in [0, 0.05) is 11.1 Å². The minimum Gasteiger partial charge on any atom is -0.494 e. The lowest BCUT2D eigenvalue weighted by Crippen LogP contribution is -2.16. The molecule has 0 aliphatic rings. The van der Waals surface area contributed by atoms with E-state index in [1.165, 1.54) is 43.8 Å². The Balaban J connectivity index is 1.41. The summed E-state index contributed by atoms with van der Waals surface area (Å²) in [6.07, 6.45) is 2.72. The first-order valence-electron chi connectivity index (χ1n) is 9.07. The first-order valence-corrected chi connectivity index (χ1v) is 10.5. The Morgan fingerprint density at radius 1 is 1.06 bits per heavy atom. The normalized spacial score (nSPS) is 11.3. The molecular weight excluding hydrogens is 422 g/mol. The van der Waals surface area contributed by atoms with E-state index in [0.717, 1.165) is 5.39 Å². The number of amides is 1. The maximum absolute atomic E-state index is 12.5. The topological polar surface area (TPSA) is 136 Å². The quantitative estimate of drug-likeness (QED) is 0.448. The lowest BCUT2D eigenvalue weighted by atomic mass is 10.1. The van der Waals surface area contributed by atoms with Gasteiger partial charge in [-0.1, -0.05) is 17.3 Å². The summed E-state index contributed by atoms with van der Waals surface area (Å²) in [5, 5.41) is 7.41. The van der Waals surface area contributed by atoms with Crippen molar-refractivity contribution in [3.63, 3.8) is 0 Å². The van der Waals surface area contributed by atoms with Gasteiger partial charge >= 0.3 is 0 Å². The largest absolute Gasteiger partial charge is 0.494 e. The second-order valence-corrected chi connectivity index (χ2v) is 8.11. The van der Waals surface area contributed by atoms with Crippen LogP contribution in [0.15, 0.2) is 70.3 Å². The average molecular weight is 439 g/mol. The number of aromatic nitrogens is 3. The number of nitrogens with one attached hydrogen (secondary N) is 2. The number of hydrogen-bond donors (Lipinski definition) is 2. The van der Waals surface area contributed by atoms with Gasteiger partial charge in [-0.25, -0.2) is 23.1 Å². The van der Waals surface area contributed by atoms with Crippen molar-refractivity contribution in [2.75, 3.05) is 17.1 Å². The molecule has 0 bridgehead atoms. The maximum atomic E-state index is 12.5. The molecule has 4 aromatic rings. The van der Waals surface area contributed by atoms with Crippen molar-refractivity contribution in [2.45, 2.75) is 11.3 Å². The Hall–Kier alpha value is -3.99. The first-order chi connectivity index (χ1) is 14.9. The van der Waals surface area contributed by atoms with Crippen LogP contribution in [-0.2, 0) is 21.2 Å². The lowest BCUT2D eigenvalue weighted by Gasteiger charge is -2.08. The fourth-order valence-corrected chi connectivity index (χ4v) is 3.75. The van der Waals surface area contributed by atoms with Gasteiger partial charge in [0.15, 0.2) is 11.3 Å². The fourth-order valence-electron chi connectivity index (χ4n) is 2.79. The number of fused-ring (bicyclic) bond motifs is 1. The molecule has 4 rings (SSSR count). The standard InChI is InChI=1S/C20H17N5O5S/c1-29-14-11-21-20(22-12-14)25-31(27,28)15-8-6-13(7-9-15)23-19(26)10-17-16-4-2-3-5-18(16)30-24-17/h2-9,11-12H,10H2,1H3,(H,23,26)(H,21,22,25). The number of hydrogen-bond acceptors (Lipinski definition) is 8. The van der Waals surface area contributed by atoms with E-state index in [4.69, 9.17) is 9.26 Å². The molecule has 0 saturated carbocycles. The van der Waals surface area contributed by atoms with E-state index in [9.17, 15) is 13.2 Å². The van der Waals surface area contributed by atoms with E-state index in [2.05, 4.69) is 25.2 Å². The number of carbonyl (C=O) groups is 1. The maximum Gasteiger partial charge on any atom is 0.264 e. The summed E-state index contributed by atoms with van der Waals surface area (Å²) < 4.78 is 37.4. The van der Waals surface area contributed by atoms with Gasteiger partial charge in [-0.2, -0.15) is 0 Å². The zero-order valence-electron chi connectivity index (χ0n) is 16.3. The second kappa shape index (κ2) is 8.40. The van der Waals surface area contributed by atoms with Crippen LogP contribution >= 0.6 is 0 Å². The van der Waals surface area contributed by atoms with Crippen LogP contribution in [0.5, 0.6) is 5.75 Å². The molecule has 0 fully saturated rings. The van der Waals surface area contributed by atoms with E-state index in [1.807, 2.05) is 18.2 Å². The van der Waals surface area contributed by atoms with E-state index in [-0.39, 0.29) is 23.2 Å². The summed E-state index contributed by atoms with van der Waals surface area (Å²) in [4.78, 5) is 20.1. The van der Waals surface area contributed by atoms with Crippen molar-refractivity contribution in [1.82, 2.24) is 15.1 Å². The first kappa shape index (κ1) is 20.3. The molecular formula is C20H17N5O5S. The molecule has 1 amide bonds. The molecule has 0 radical (unpaired) electrons. The Kier molecular flexibility index (Phi) is 5.50. The minimum atomic E-state index is -3.89. The number of para-hydroxylation sites is 1. The Morgan fingerprint density at radius 3 is 2.48 bits per heavy atom. The van der Waals surface area contributed by atoms with Gasteiger partial charge in [0.25, 0.3) is 10.0 Å². The van der Waals surface area contributed by atoms with E-state index < -0.39 is 10.0 Å². The molecule has 11 heteroatoms. The monoisotopic (exact) mass is 439 g/mol. The van der Waals surface area contributed by atoms with Crippen LogP contribution in [0.4, 0.5) is 11.6 Å². The van der Waals surface area contributed by atoms with Crippen LogP contribution in [0, 0.1) is 0 Å². The Bertz CT molecular complexity index is 1320. The number of nitrogens with zero attached hydrogens (tertiary/aromatic N) is 3. The highest BCUT2D eigenvalue weighted by atomic mass is 32.2. The van der Waals surface area contributed by atoms with Gasteiger partial charge in [-0.15, -0.1) is 0 Å². The molecule has 0 atom stereocenters. The molecule has 10 nitrogen and oxygen atoms in total. The number of carbonyl (C=O) groups excluding carboxylic acids is 1. The molecule has 2 heterocycles. The van der Waals surface area contributed by atoms with Crippen molar-refractivity contribution in [3.05, 3.63) is 66.6 Å². The number of anilines is 2. The van der Waals surface area contributed by atoms with E-state index >= 15 is 0 Å². The smallest absolute Gasteiger partial charge is 0.264 e. The predicted molar refractivity (Wildman–Crippen MR) is 112 cm³/mol. The fraction of sp³-hybridized carbons (Fsp3) is 0.100. The number of methoxy groups -OCH3 is 1.